The van der Waals surface area contributed by atoms with E-state index in [2.05, 4.69) is 15.3 Å². The van der Waals surface area contributed by atoms with Crippen LogP contribution in [0.15, 0.2) is 21.3 Å². The Morgan fingerprint density at radius 3 is 2.73 bits per heavy atom. The van der Waals surface area contributed by atoms with Crippen LogP contribution in [0.4, 0.5) is 5.95 Å². The minimum Gasteiger partial charge on any atom is -0.361 e. The molecule has 9 nitrogen and oxygen atoms in total. The van der Waals surface area contributed by atoms with Crippen LogP contribution in [-0.2, 0) is 6.42 Å². The van der Waals surface area contributed by atoms with Gasteiger partial charge in [-0.25, -0.2) is 9.97 Å². The van der Waals surface area contributed by atoms with Gasteiger partial charge < -0.3 is 18.8 Å². The third kappa shape index (κ3) is 3.44. The predicted octanol–water partition coefficient (Wildman–Crippen LogP) is 3.34. The maximum absolute atomic E-state index is 13.5. The molecule has 0 aliphatic carbocycles. The molecule has 30 heavy (non-hydrogen) atoms. The zero-order valence-electron chi connectivity index (χ0n) is 18.0. The Morgan fingerprint density at radius 1 is 1.27 bits per heavy atom. The van der Waals surface area contributed by atoms with Gasteiger partial charge in [0, 0.05) is 32.9 Å². The van der Waals surface area contributed by atoms with E-state index in [9.17, 15) is 4.79 Å². The smallest absolute Gasteiger partial charge is 0.259 e. The number of aromatic nitrogens is 4. The number of carbonyl (C=O) groups is 1. The van der Waals surface area contributed by atoms with Gasteiger partial charge in [0.15, 0.2) is 5.76 Å². The lowest BCUT2D eigenvalue weighted by Crippen LogP contribution is -2.32. The molecule has 158 valence electrons. The van der Waals surface area contributed by atoms with E-state index < -0.39 is 0 Å². The molecule has 0 bridgehead atoms. The summed E-state index contributed by atoms with van der Waals surface area (Å²) in [6, 6.07) is 1.66. The van der Waals surface area contributed by atoms with E-state index in [-0.39, 0.29) is 11.9 Å². The molecule has 1 amide bonds. The fourth-order valence-corrected chi connectivity index (χ4v) is 3.91. The van der Waals surface area contributed by atoms with Crippen LogP contribution in [0.2, 0.25) is 0 Å². The zero-order chi connectivity index (χ0) is 21.4. The van der Waals surface area contributed by atoms with Gasteiger partial charge in [-0.05, 0) is 33.1 Å². The quantitative estimate of drug-likeness (QED) is 0.631. The van der Waals surface area contributed by atoms with Crippen molar-refractivity contribution in [2.45, 2.75) is 46.1 Å². The summed E-state index contributed by atoms with van der Waals surface area (Å²) in [6.07, 6.45) is 4.08. The van der Waals surface area contributed by atoms with Crippen molar-refractivity contribution in [1.29, 1.82) is 0 Å². The maximum atomic E-state index is 13.5. The van der Waals surface area contributed by atoms with Crippen molar-refractivity contribution in [3.63, 3.8) is 0 Å². The summed E-state index contributed by atoms with van der Waals surface area (Å²) in [7, 11) is 3.78. The molecule has 3 aromatic rings. The maximum Gasteiger partial charge on any atom is 0.259 e. The second kappa shape index (κ2) is 7.89. The Kier molecular flexibility index (Phi) is 5.27. The number of carbonyl (C=O) groups excluding carboxylic acids is 1. The van der Waals surface area contributed by atoms with Gasteiger partial charge in [0.2, 0.25) is 5.95 Å². The third-order valence-electron chi connectivity index (χ3n) is 5.41. The van der Waals surface area contributed by atoms with Crippen molar-refractivity contribution in [2.75, 3.05) is 25.5 Å². The summed E-state index contributed by atoms with van der Waals surface area (Å²) >= 11 is 0. The normalized spacial score (nSPS) is 16.3. The number of anilines is 1. The highest BCUT2D eigenvalue weighted by atomic mass is 16.5. The molecular formula is C21H26N6O3. The number of nitrogens with zero attached hydrogens (tertiary/aromatic N) is 6. The summed E-state index contributed by atoms with van der Waals surface area (Å²) in [6.45, 7) is 6.26. The van der Waals surface area contributed by atoms with E-state index in [1.54, 1.807) is 13.1 Å². The fraction of sp³-hybridized carbons (Fsp3) is 0.476. The van der Waals surface area contributed by atoms with Crippen LogP contribution in [-0.4, -0.2) is 51.7 Å². The van der Waals surface area contributed by atoms with Gasteiger partial charge in [-0.2, -0.15) is 0 Å². The van der Waals surface area contributed by atoms with Crippen LogP contribution in [0.25, 0.3) is 11.3 Å². The monoisotopic (exact) mass is 410 g/mol. The first-order valence-electron chi connectivity index (χ1n) is 10.1. The lowest BCUT2D eigenvalue weighted by atomic mass is 10.0. The molecular weight excluding hydrogens is 384 g/mol. The van der Waals surface area contributed by atoms with Crippen molar-refractivity contribution in [1.82, 2.24) is 25.2 Å². The molecule has 4 heterocycles. The summed E-state index contributed by atoms with van der Waals surface area (Å²) in [5.74, 6) is 1.66. The molecule has 0 N–H and O–H groups in total. The molecule has 0 unspecified atom stereocenters. The molecule has 9 heteroatoms. The topological polar surface area (TPSA) is 101 Å². The van der Waals surface area contributed by atoms with Gasteiger partial charge in [0.05, 0.1) is 28.7 Å². The minimum atomic E-state index is -0.196. The molecule has 1 aliphatic heterocycles. The van der Waals surface area contributed by atoms with E-state index in [1.807, 2.05) is 43.8 Å². The van der Waals surface area contributed by atoms with Gasteiger partial charge in [0.1, 0.15) is 11.3 Å². The second-order valence-corrected chi connectivity index (χ2v) is 7.77. The highest BCUT2D eigenvalue weighted by Crippen LogP contribution is 2.38. The van der Waals surface area contributed by atoms with Gasteiger partial charge >= 0.3 is 0 Å². The first-order chi connectivity index (χ1) is 14.4. The fourth-order valence-electron chi connectivity index (χ4n) is 3.91. The number of hydrogen-bond donors (Lipinski definition) is 0. The predicted molar refractivity (Wildman–Crippen MR) is 110 cm³/mol. The number of aryl methyl sites for hydroxylation is 3. The Bertz CT molecular complexity index is 1070. The number of hydrogen-bond acceptors (Lipinski definition) is 8. The first-order valence-corrected chi connectivity index (χ1v) is 10.1. The van der Waals surface area contributed by atoms with Crippen molar-refractivity contribution in [3.05, 3.63) is 40.7 Å². The van der Waals surface area contributed by atoms with E-state index in [1.165, 1.54) is 0 Å². The molecule has 3 aromatic heterocycles. The first kappa shape index (κ1) is 20.1. The van der Waals surface area contributed by atoms with E-state index >= 15 is 0 Å². The second-order valence-electron chi connectivity index (χ2n) is 7.77. The lowest BCUT2D eigenvalue weighted by molar-refractivity contribution is 0.0730. The molecule has 1 atom stereocenters. The largest absolute Gasteiger partial charge is 0.361 e. The standard InChI is InChI=1S/C21H26N6O3/c1-6-15-18(13(3)29-25-15)20(28)27-9-7-8-16(27)19-14(17-10-12(2)24-30-17)11-22-21(23-19)26(4)5/h10-11,16H,6-9H2,1-5H3/t16-/m1/s1. The molecule has 0 radical (unpaired) electrons. The minimum absolute atomic E-state index is 0.0715. The number of likely N-dealkylation sites (tertiary alicyclic amines) is 1. The summed E-state index contributed by atoms with van der Waals surface area (Å²) in [4.78, 5) is 26.5. The van der Waals surface area contributed by atoms with Crippen molar-refractivity contribution < 1.29 is 13.8 Å². The highest BCUT2D eigenvalue weighted by molar-refractivity contribution is 5.96. The molecule has 1 fully saturated rings. The van der Waals surface area contributed by atoms with E-state index in [4.69, 9.17) is 14.0 Å². The molecule has 4 rings (SSSR count). The van der Waals surface area contributed by atoms with Gasteiger partial charge in [-0.15, -0.1) is 0 Å². The molecule has 0 saturated carbocycles. The van der Waals surface area contributed by atoms with Gasteiger partial charge in [-0.1, -0.05) is 17.2 Å². The van der Waals surface area contributed by atoms with E-state index in [0.29, 0.717) is 41.7 Å². The van der Waals surface area contributed by atoms with Crippen molar-refractivity contribution >= 4 is 11.9 Å². The molecule has 0 spiro atoms. The zero-order valence-corrected chi connectivity index (χ0v) is 18.0. The van der Waals surface area contributed by atoms with Crippen LogP contribution in [0.3, 0.4) is 0 Å². The summed E-state index contributed by atoms with van der Waals surface area (Å²) in [5.41, 5.74) is 3.54. The lowest BCUT2D eigenvalue weighted by Gasteiger charge is -2.26. The Morgan fingerprint density at radius 2 is 2.07 bits per heavy atom. The summed E-state index contributed by atoms with van der Waals surface area (Å²) in [5, 5.41) is 8.06. The number of amides is 1. The Balaban J connectivity index is 1.79. The van der Waals surface area contributed by atoms with Crippen LogP contribution >= 0.6 is 0 Å². The van der Waals surface area contributed by atoms with Crippen LogP contribution in [0, 0.1) is 13.8 Å². The average Bonchev–Trinajstić information content (AvgIpc) is 3.46. The number of rotatable bonds is 5. The van der Waals surface area contributed by atoms with Crippen LogP contribution < -0.4 is 4.90 Å². The van der Waals surface area contributed by atoms with Crippen LogP contribution in [0.1, 0.15) is 59.0 Å². The van der Waals surface area contributed by atoms with Gasteiger partial charge in [0.25, 0.3) is 5.91 Å². The van der Waals surface area contributed by atoms with E-state index in [0.717, 1.165) is 29.8 Å². The molecule has 0 aromatic carbocycles. The SMILES string of the molecule is CCc1noc(C)c1C(=O)N1CCC[C@@H]1c1nc(N(C)C)ncc1-c1cc(C)no1. The summed E-state index contributed by atoms with van der Waals surface area (Å²) < 4.78 is 10.8. The van der Waals surface area contributed by atoms with Gasteiger partial charge in [-0.3, -0.25) is 4.79 Å². The van der Waals surface area contributed by atoms with Crippen molar-refractivity contribution in [2.24, 2.45) is 0 Å². The van der Waals surface area contributed by atoms with Crippen molar-refractivity contribution in [3.8, 4) is 11.3 Å². The molecule has 1 saturated heterocycles. The molecule has 1 aliphatic rings. The Labute approximate surface area is 175 Å². The third-order valence-corrected chi connectivity index (χ3v) is 5.41. The van der Waals surface area contributed by atoms with Crippen LogP contribution in [0.5, 0.6) is 0 Å². The average molecular weight is 410 g/mol. The Hall–Kier alpha value is -3.23. The highest BCUT2D eigenvalue weighted by Gasteiger charge is 2.36.